The Kier molecular flexibility index (Phi) is 8.08. The van der Waals surface area contributed by atoms with Crippen LogP contribution in [0.15, 0.2) is 42.5 Å². The zero-order valence-corrected chi connectivity index (χ0v) is 16.7. The maximum atomic E-state index is 12.5. The molecule has 0 aliphatic heterocycles. The van der Waals surface area contributed by atoms with Gasteiger partial charge in [0.2, 0.25) is 0 Å². The fourth-order valence-corrected chi connectivity index (χ4v) is 3.18. The van der Waals surface area contributed by atoms with E-state index in [2.05, 4.69) is 10.6 Å². The minimum absolute atomic E-state index is 0. The van der Waals surface area contributed by atoms with Gasteiger partial charge in [0, 0.05) is 19.3 Å². The Morgan fingerprint density at radius 2 is 1.77 bits per heavy atom. The Bertz CT molecular complexity index is 734. The van der Waals surface area contributed by atoms with Gasteiger partial charge >= 0.3 is 6.03 Å². The predicted octanol–water partition coefficient (Wildman–Crippen LogP) is 3.87. The lowest BCUT2D eigenvalue weighted by molar-refractivity contribution is 0.0745. The van der Waals surface area contributed by atoms with Crippen LogP contribution < -0.4 is 16.4 Å². The summed E-state index contributed by atoms with van der Waals surface area (Å²) in [7, 11) is 1.76. The van der Waals surface area contributed by atoms with Gasteiger partial charge in [0.25, 0.3) is 5.91 Å². The molecule has 1 heterocycles. The van der Waals surface area contributed by atoms with Crippen LogP contribution in [0.3, 0.4) is 0 Å². The quantitative estimate of drug-likeness (QED) is 0.692. The van der Waals surface area contributed by atoms with Crippen LogP contribution in [0, 0.1) is 5.41 Å². The van der Waals surface area contributed by atoms with Crippen molar-refractivity contribution in [1.82, 2.24) is 4.90 Å². The highest BCUT2D eigenvalue weighted by atomic mass is 35.5. The lowest BCUT2D eigenvalue weighted by atomic mass is 9.93. The molecule has 0 unspecified atom stereocenters. The Balaban J connectivity index is 0.00000338. The molecule has 0 aliphatic rings. The molecule has 1 aromatic heterocycles. The normalized spacial score (nSPS) is 10.6. The lowest BCUT2D eigenvalue weighted by Crippen LogP contribution is -2.39. The summed E-state index contributed by atoms with van der Waals surface area (Å²) >= 11 is 1.25. The number of hydrogen-bond acceptors (Lipinski definition) is 4. The third-order valence-corrected chi connectivity index (χ3v) is 4.64. The Labute approximate surface area is 164 Å². The molecule has 0 atom stereocenters. The Morgan fingerprint density at radius 3 is 2.38 bits per heavy atom. The highest BCUT2D eigenvalue weighted by molar-refractivity contribution is 7.18. The monoisotopic (exact) mass is 396 g/mol. The minimum Gasteiger partial charge on any atom is -0.340 e. The highest BCUT2D eigenvalue weighted by Crippen LogP contribution is 2.24. The minimum atomic E-state index is -0.343. The maximum absolute atomic E-state index is 12.5. The molecule has 3 amide bonds. The molecule has 4 N–H and O–H groups in total. The van der Waals surface area contributed by atoms with Gasteiger partial charge in [0.05, 0.1) is 9.88 Å². The van der Waals surface area contributed by atoms with Crippen LogP contribution in [0.5, 0.6) is 0 Å². The van der Waals surface area contributed by atoms with Gasteiger partial charge in [-0.25, -0.2) is 4.79 Å². The van der Waals surface area contributed by atoms with E-state index in [9.17, 15) is 9.59 Å². The number of nitrogens with zero attached hydrogens (tertiary/aromatic N) is 1. The fourth-order valence-electron chi connectivity index (χ4n) is 2.28. The van der Waals surface area contributed by atoms with Crippen molar-refractivity contribution in [2.45, 2.75) is 13.8 Å². The number of anilines is 2. The van der Waals surface area contributed by atoms with E-state index in [1.54, 1.807) is 36.2 Å². The molecule has 0 fully saturated rings. The van der Waals surface area contributed by atoms with Crippen LogP contribution in [0.25, 0.3) is 0 Å². The number of para-hydroxylation sites is 1. The second-order valence-corrected chi connectivity index (χ2v) is 7.72. The number of carbonyl (C=O) groups is 2. The number of amides is 3. The fraction of sp³-hybridized carbons (Fsp3) is 0.333. The summed E-state index contributed by atoms with van der Waals surface area (Å²) in [5.74, 6) is -0.0805. The van der Waals surface area contributed by atoms with E-state index in [0.717, 1.165) is 0 Å². The summed E-state index contributed by atoms with van der Waals surface area (Å²) in [4.78, 5) is 26.7. The molecule has 0 saturated heterocycles. The molecular formula is C18H25ClN4O2S. The number of hydrogen-bond donors (Lipinski definition) is 3. The highest BCUT2D eigenvalue weighted by Gasteiger charge is 2.23. The van der Waals surface area contributed by atoms with Gasteiger partial charge in [0.15, 0.2) is 0 Å². The average molecular weight is 397 g/mol. The van der Waals surface area contributed by atoms with Gasteiger partial charge in [-0.05, 0) is 36.2 Å². The number of nitrogens with two attached hydrogens (primary N) is 1. The number of benzene rings is 1. The van der Waals surface area contributed by atoms with Crippen molar-refractivity contribution >= 4 is 46.4 Å². The van der Waals surface area contributed by atoms with Crippen LogP contribution in [0.1, 0.15) is 23.5 Å². The molecule has 6 nitrogen and oxygen atoms in total. The summed E-state index contributed by atoms with van der Waals surface area (Å²) in [6.45, 7) is 5.11. The molecule has 26 heavy (non-hydrogen) atoms. The summed E-state index contributed by atoms with van der Waals surface area (Å²) in [6, 6.07) is 12.3. The van der Waals surface area contributed by atoms with E-state index < -0.39 is 0 Å². The van der Waals surface area contributed by atoms with E-state index in [1.165, 1.54) is 11.3 Å². The van der Waals surface area contributed by atoms with Crippen LogP contribution in [0.2, 0.25) is 0 Å². The van der Waals surface area contributed by atoms with Crippen molar-refractivity contribution in [3.63, 3.8) is 0 Å². The molecule has 0 saturated carbocycles. The number of halogens is 1. The Hall–Kier alpha value is -2.09. The lowest BCUT2D eigenvalue weighted by Gasteiger charge is -2.28. The van der Waals surface area contributed by atoms with E-state index in [4.69, 9.17) is 5.73 Å². The van der Waals surface area contributed by atoms with Gasteiger partial charge in [0.1, 0.15) is 0 Å². The maximum Gasteiger partial charge on any atom is 0.324 e. The molecule has 8 heteroatoms. The number of rotatable bonds is 6. The van der Waals surface area contributed by atoms with Crippen LogP contribution >= 0.6 is 23.7 Å². The van der Waals surface area contributed by atoms with Gasteiger partial charge in [-0.3, -0.25) is 10.1 Å². The van der Waals surface area contributed by atoms with Crippen molar-refractivity contribution < 1.29 is 9.59 Å². The third-order valence-electron chi connectivity index (χ3n) is 3.65. The SMILES string of the molecule is CN(CC(C)(C)CN)C(=O)c1ccc(NC(=O)Nc2ccccc2)s1.Cl. The molecule has 2 rings (SSSR count). The van der Waals surface area contributed by atoms with Crippen LogP contribution in [-0.2, 0) is 0 Å². The third kappa shape index (κ3) is 6.33. The largest absolute Gasteiger partial charge is 0.340 e. The van der Waals surface area contributed by atoms with Gasteiger partial charge in [-0.15, -0.1) is 23.7 Å². The standard InChI is InChI=1S/C18H24N4O2S.ClH/c1-18(2,11-19)12-22(3)16(23)14-9-10-15(25-14)21-17(24)20-13-7-5-4-6-8-13;/h4-10H,11-12,19H2,1-3H3,(H2,20,21,24);1H. The number of carbonyl (C=O) groups excluding carboxylic acids is 2. The van der Waals surface area contributed by atoms with Crippen molar-refractivity contribution in [2.75, 3.05) is 30.8 Å². The summed E-state index contributed by atoms with van der Waals surface area (Å²) in [5, 5.41) is 6.09. The molecular weight excluding hydrogens is 372 g/mol. The van der Waals surface area contributed by atoms with E-state index in [0.29, 0.717) is 28.7 Å². The Morgan fingerprint density at radius 1 is 1.12 bits per heavy atom. The van der Waals surface area contributed by atoms with Crippen molar-refractivity contribution in [3.8, 4) is 0 Å². The molecule has 0 spiro atoms. The van der Waals surface area contributed by atoms with E-state index >= 15 is 0 Å². The number of nitrogens with one attached hydrogen (secondary N) is 2. The first-order valence-corrected chi connectivity index (χ1v) is 8.81. The number of urea groups is 1. The second kappa shape index (κ2) is 9.56. The molecule has 0 aliphatic carbocycles. The van der Waals surface area contributed by atoms with Crippen molar-refractivity contribution in [1.29, 1.82) is 0 Å². The predicted molar refractivity (Wildman–Crippen MR) is 110 cm³/mol. The van der Waals surface area contributed by atoms with Crippen LogP contribution in [-0.4, -0.2) is 37.0 Å². The summed E-state index contributed by atoms with van der Waals surface area (Å²) in [6.07, 6.45) is 0. The van der Waals surface area contributed by atoms with Crippen molar-refractivity contribution in [2.24, 2.45) is 11.1 Å². The summed E-state index contributed by atoms with van der Waals surface area (Å²) < 4.78 is 0. The van der Waals surface area contributed by atoms with E-state index in [-0.39, 0.29) is 29.8 Å². The smallest absolute Gasteiger partial charge is 0.324 e. The molecule has 2 aromatic rings. The average Bonchev–Trinajstić information content (AvgIpc) is 3.02. The molecule has 0 bridgehead atoms. The first-order chi connectivity index (χ1) is 11.8. The topological polar surface area (TPSA) is 87.5 Å². The zero-order chi connectivity index (χ0) is 18.4. The summed E-state index contributed by atoms with van der Waals surface area (Å²) in [5.41, 5.74) is 6.29. The van der Waals surface area contributed by atoms with Gasteiger partial charge in [-0.1, -0.05) is 32.0 Å². The molecule has 142 valence electrons. The number of thiophene rings is 1. The van der Waals surface area contributed by atoms with Crippen LogP contribution in [0.4, 0.5) is 15.5 Å². The first kappa shape index (κ1) is 22.0. The first-order valence-electron chi connectivity index (χ1n) is 7.99. The molecule has 1 aromatic carbocycles. The van der Waals surface area contributed by atoms with Gasteiger partial charge < -0.3 is 16.0 Å². The van der Waals surface area contributed by atoms with E-state index in [1.807, 2.05) is 32.0 Å². The zero-order valence-electron chi connectivity index (χ0n) is 15.1. The molecule has 0 radical (unpaired) electrons. The van der Waals surface area contributed by atoms with Crippen molar-refractivity contribution in [3.05, 3.63) is 47.3 Å². The second-order valence-electron chi connectivity index (χ2n) is 6.64. The van der Waals surface area contributed by atoms with Gasteiger partial charge in [-0.2, -0.15) is 0 Å².